The Labute approximate surface area is 192 Å². The summed E-state index contributed by atoms with van der Waals surface area (Å²) >= 11 is 0. The summed E-state index contributed by atoms with van der Waals surface area (Å²) in [6.45, 7) is 2.91. The van der Waals surface area contributed by atoms with Crippen molar-refractivity contribution in [2.75, 3.05) is 46.3 Å². The van der Waals surface area contributed by atoms with Crippen LogP contribution in [0.2, 0.25) is 0 Å². The molecule has 0 radical (unpaired) electrons. The van der Waals surface area contributed by atoms with Gasteiger partial charge in [0.2, 0.25) is 10.0 Å². The van der Waals surface area contributed by atoms with E-state index in [2.05, 4.69) is 20.0 Å². The molecule has 2 aromatic heterocycles. The third-order valence-electron chi connectivity index (χ3n) is 4.46. The van der Waals surface area contributed by atoms with Gasteiger partial charge in [-0.3, -0.25) is 14.8 Å². The van der Waals surface area contributed by atoms with Crippen LogP contribution in [0.3, 0.4) is 0 Å². The number of halogens is 1. The van der Waals surface area contributed by atoms with Crippen LogP contribution >= 0.6 is 24.0 Å². The Morgan fingerprint density at radius 1 is 1.17 bits per heavy atom. The Kier molecular flexibility index (Phi) is 9.05. The molecule has 0 atom stereocenters. The molecule has 10 nitrogen and oxygen atoms in total. The lowest BCUT2D eigenvalue weighted by atomic mass is 10.3. The number of amides is 1. The van der Waals surface area contributed by atoms with Crippen LogP contribution in [0.5, 0.6) is 0 Å². The van der Waals surface area contributed by atoms with Crippen LogP contribution < -0.4 is 10.0 Å². The first-order valence-electron chi connectivity index (χ1n) is 9.19. The van der Waals surface area contributed by atoms with Gasteiger partial charge in [-0.25, -0.2) is 13.1 Å². The largest absolute Gasteiger partial charge is 0.459 e. The summed E-state index contributed by atoms with van der Waals surface area (Å²) in [6.07, 6.45) is 4.31. The molecule has 12 heteroatoms. The van der Waals surface area contributed by atoms with Crippen molar-refractivity contribution in [3.63, 3.8) is 0 Å². The minimum Gasteiger partial charge on any atom is -0.459 e. The number of piperazine rings is 1. The maximum absolute atomic E-state index is 12.3. The molecule has 1 saturated heterocycles. The van der Waals surface area contributed by atoms with Crippen molar-refractivity contribution in [2.24, 2.45) is 4.99 Å². The van der Waals surface area contributed by atoms with Gasteiger partial charge in [0.1, 0.15) is 4.90 Å². The van der Waals surface area contributed by atoms with Crippen molar-refractivity contribution in [2.45, 2.75) is 4.90 Å². The van der Waals surface area contributed by atoms with E-state index >= 15 is 0 Å². The zero-order valence-corrected chi connectivity index (χ0v) is 19.7. The van der Waals surface area contributed by atoms with Gasteiger partial charge in [0.05, 0.1) is 6.26 Å². The fraction of sp³-hybridized carbons (Fsp3) is 0.389. The number of sulfonamides is 1. The number of carbonyl (C=O) groups excluding carboxylic acids is 1. The highest BCUT2D eigenvalue weighted by Gasteiger charge is 2.25. The van der Waals surface area contributed by atoms with Crippen LogP contribution in [0.15, 0.2) is 57.2 Å². The number of aliphatic imine (C=N–C) groups is 1. The first-order valence-corrected chi connectivity index (χ1v) is 10.7. The molecule has 164 valence electrons. The number of nitrogens with one attached hydrogen (secondary N) is 2. The third-order valence-corrected chi connectivity index (χ3v) is 5.90. The molecule has 1 amide bonds. The van der Waals surface area contributed by atoms with Crippen LogP contribution in [0, 0.1) is 0 Å². The van der Waals surface area contributed by atoms with E-state index in [1.54, 1.807) is 30.1 Å². The van der Waals surface area contributed by atoms with Crippen molar-refractivity contribution in [1.29, 1.82) is 0 Å². The van der Waals surface area contributed by atoms with E-state index < -0.39 is 10.0 Å². The number of furan rings is 1. The van der Waals surface area contributed by atoms with E-state index in [-0.39, 0.29) is 41.3 Å². The van der Waals surface area contributed by atoms with Crippen molar-refractivity contribution in [1.82, 2.24) is 24.8 Å². The molecule has 0 saturated carbocycles. The number of aromatic nitrogens is 1. The van der Waals surface area contributed by atoms with E-state index in [4.69, 9.17) is 4.42 Å². The van der Waals surface area contributed by atoms with Gasteiger partial charge in [-0.15, -0.1) is 24.0 Å². The minimum atomic E-state index is -3.59. The van der Waals surface area contributed by atoms with Gasteiger partial charge >= 0.3 is 0 Å². The van der Waals surface area contributed by atoms with E-state index in [9.17, 15) is 13.2 Å². The SMILES string of the molecule is CN=C(NCCNS(=O)(=O)c1cccnc1)N1CCN(C(=O)c2ccco2)CC1.I. The number of rotatable bonds is 6. The molecule has 0 unspecified atom stereocenters. The van der Waals surface area contributed by atoms with Crippen LogP contribution in [0.1, 0.15) is 10.6 Å². The number of guanidine groups is 1. The number of nitrogens with zero attached hydrogens (tertiary/aromatic N) is 4. The minimum absolute atomic E-state index is 0. The summed E-state index contributed by atoms with van der Waals surface area (Å²) in [6, 6.07) is 6.41. The summed E-state index contributed by atoms with van der Waals surface area (Å²) in [4.78, 5) is 24.3. The Balaban J connectivity index is 0.00000320. The second kappa shape index (κ2) is 11.3. The predicted octanol–water partition coefficient (Wildman–Crippen LogP) is 0.604. The topological polar surface area (TPSA) is 120 Å². The molecule has 30 heavy (non-hydrogen) atoms. The molecule has 2 aromatic rings. The van der Waals surface area contributed by atoms with Crippen LogP contribution in [-0.4, -0.2) is 81.4 Å². The maximum Gasteiger partial charge on any atom is 0.289 e. The predicted molar refractivity (Wildman–Crippen MR) is 122 cm³/mol. The lowest BCUT2D eigenvalue weighted by molar-refractivity contribution is 0.0658. The van der Waals surface area contributed by atoms with Gasteiger partial charge in [-0.2, -0.15) is 0 Å². The molecule has 0 aliphatic carbocycles. The smallest absolute Gasteiger partial charge is 0.289 e. The van der Waals surface area contributed by atoms with Gasteiger partial charge in [0.15, 0.2) is 11.7 Å². The van der Waals surface area contributed by atoms with E-state index in [1.165, 1.54) is 24.7 Å². The van der Waals surface area contributed by atoms with E-state index in [1.807, 2.05) is 4.90 Å². The van der Waals surface area contributed by atoms with Crippen molar-refractivity contribution < 1.29 is 17.6 Å². The molecular weight excluding hydrogens is 523 g/mol. The second-order valence-corrected chi connectivity index (χ2v) is 8.08. The maximum atomic E-state index is 12.3. The molecule has 3 heterocycles. The summed E-state index contributed by atoms with van der Waals surface area (Å²) < 4.78 is 32.1. The molecule has 0 bridgehead atoms. The van der Waals surface area contributed by atoms with Crippen LogP contribution in [-0.2, 0) is 10.0 Å². The Bertz CT molecular complexity index is 929. The number of hydrogen-bond acceptors (Lipinski definition) is 6. The number of hydrogen-bond donors (Lipinski definition) is 2. The molecule has 1 aliphatic rings. The fourth-order valence-corrected chi connectivity index (χ4v) is 3.95. The average molecular weight is 548 g/mol. The summed E-state index contributed by atoms with van der Waals surface area (Å²) in [5, 5.41) is 3.15. The second-order valence-electron chi connectivity index (χ2n) is 6.32. The summed E-state index contributed by atoms with van der Waals surface area (Å²) in [5.41, 5.74) is 0. The molecule has 3 rings (SSSR count). The standard InChI is InChI=1S/C18H24N6O4S.HI/c1-19-18(21-7-8-22-29(26,27)15-4-2-6-20-14-15)24-11-9-23(10-12-24)17(25)16-5-3-13-28-16;/h2-6,13-14,22H,7-12H2,1H3,(H,19,21);1H. The molecule has 0 spiro atoms. The van der Waals surface area contributed by atoms with Crippen LogP contribution in [0.25, 0.3) is 0 Å². The first kappa shape index (κ1) is 24.1. The summed E-state index contributed by atoms with van der Waals surface area (Å²) in [5.74, 6) is 0.875. The molecule has 1 aliphatic heterocycles. The fourth-order valence-electron chi connectivity index (χ4n) is 2.96. The highest BCUT2D eigenvalue weighted by Crippen LogP contribution is 2.09. The van der Waals surface area contributed by atoms with Crippen molar-refractivity contribution >= 4 is 45.9 Å². The molecule has 1 fully saturated rings. The average Bonchev–Trinajstić information content (AvgIpc) is 3.29. The zero-order valence-electron chi connectivity index (χ0n) is 16.5. The highest BCUT2D eigenvalue weighted by molar-refractivity contribution is 14.0. The lowest BCUT2D eigenvalue weighted by Crippen LogP contribution is -2.54. The molecular formula is C18H25IN6O4S. The van der Waals surface area contributed by atoms with Gasteiger partial charge in [-0.1, -0.05) is 0 Å². The first-order chi connectivity index (χ1) is 14.0. The van der Waals surface area contributed by atoms with Gasteiger partial charge < -0.3 is 19.5 Å². The quantitative estimate of drug-likeness (QED) is 0.235. The highest BCUT2D eigenvalue weighted by atomic mass is 127. The number of carbonyl (C=O) groups is 1. The van der Waals surface area contributed by atoms with Crippen molar-refractivity contribution in [3.05, 3.63) is 48.7 Å². The van der Waals surface area contributed by atoms with Gasteiger partial charge in [0.25, 0.3) is 5.91 Å². The van der Waals surface area contributed by atoms with Gasteiger partial charge in [-0.05, 0) is 24.3 Å². The summed E-state index contributed by atoms with van der Waals surface area (Å²) in [7, 11) is -1.92. The van der Waals surface area contributed by atoms with E-state index in [0.29, 0.717) is 44.4 Å². The molecule has 2 N–H and O–H groups in total. The zero-order chi connectivity index (χ0) is 20.7. The Morgan fingerprint density at radius 3 is 2.50 bits per heavy atom. The normalized spacial score (nSPS) is 14.9. The lowest BCUT2D eigenvalue weighted by Gasteiger charge is -2.36. The van der Waals surface area contributed by atoms with E-state index in [0.717, 1.165) is 0 Å². The molecule has 0 aromatic carbocycles. The number of pyridine rings is 1. The van der Waals surface area contributed by atoms with Crippen LogP contribution in [0.4, 0.5) is 0 Å². The Hall–Kier alpha value is -2.19. The Morgan fingerprint density at radius 2 is 1.90 bits per heavy atom. The van der Waals surface area contributed by atoms with Crippen molar-refractivity contribution in [3.8, 4) is 0 Å². The van der Waals surface area contributed by atoms with Gasteiger partial charge in [0, 0.05) is 58.7 Å². The third kappa shape index (κ3) is 6.15. The monoisotopic (exact) mass is 548 g/mol.